The number of ether oxygens (including phenoxy) is 1. The SMILES string of the molecule is O=C(NCC(=O)N1CC2CCCCC2C1)OC1CC(F)(F)C1. The molecule has 0 aromatic heterocycles. The molecule has 1 aliphatic heterocycles. The normalized spacial score (nSPS) is 30.4. The minimum absolute atomic E-state index is 0.120. The lowest BCUT2D eigenvalue weighted by molar-refractivity contribution is -0.145. The maximum absolute atomic E-state index is 12.6. The monoisotopic (exact) mass is 316 g/mol. The molecule has 3 aliphatic rings. The number of amides is 2. The predicted molar refractivity (Wildman–Crippen MR) is 74.5 cm³/mol. The molecular weight excluding hydrogens is 294 g/mol. The number of hydrogen-bond acceptors (Lipinski definition) is 3. The topological polar surface area (TPSA) is 58.6 Å². The average Bonchev–Trinajstić information content (AvgIpc) is 2.86. The standard InChI is InChI=1S/C15H22F2N2O3/c16-15(17)5-12(6-15)22-14(21)18-7-13(20)19-8-10-3-1-2-4-11(10)9-19/h10-12H,1-9H2,(H,18,21). The maximum Gasteiger partial charge on any atom is 0.407 e. The van der Waals surface area contributed by atoms with Crippen LogP contribution in [0, 0.1) is 11.8 Å². The van der Waals surface area contributed by atoms with Crippen LogP contribution < -0.4 is 5.32 Å². The van der Waals surface area contributed by atoms with Crippen LogP contribution in [0.5, 0.6) is 0 Å². The Balaban J connectivity index is 1.36. The second-order valence-corrected chi connectivity index (χ2v) is 6.75. The molecule has 0 bridgehead atoms. The van der Waals surface area contributed by atoms with Crippen LogP contribution in [0.2, 0.25) is 0 Å². The number of halogens is 2. The molecule has 22 heavy (non-hydrogen) atoms. The fourth-order valence-electron chi connectivity index (χ4n) is 3.75. The van der Waals surface area contributed by atoms with E-state index in [0.29, 0.717) is 11.8 Å². The summed E-state index contributed by atoms with van der Waals surface area (Å²) in [7, 11) is 0. The molecule has 1 saturated heterocycles. The van der Waals surface area contributed by atoms with Crippen molar-refractivity contribution in [1.82, 2.24) is 10.2 Å². The van der Waals surface area contributed by atoms with Gasteiger partial charge in [-0.3, -0.25) is 4.79 Å². The number of nitrogens with zero attached hydrogens (tertiary/aromatic N) is 1. The minimum Gasteiger partial charge on any atom is -0.446 e. The largest absolute Gasteiger partial charge is 0.446 e. The highest BCUT2D eigenvalue weighted by Crippen LogP contribution is 2.39. The van der Waals surface area contributed by atoms with Crippen LogP contribution in [0.15, 0.2) is 0 Å². The molecule has 124 valence electrons. The Morgan fingerprint density at radius 3 is 2.27 bits per heavy atom. The number of hydrogen-bond donors (Lipinski definition) is 1. The van der Waals surface area contributed by atoms with Gasteiger partial charge in [-0.2, -0.15) is 0 Å². The zero-order valence-electron chi connectivity index (χ0n) is 12.5. The summed E-state index contributed by atoms with van der Waals surface area (Å²) in [6, 6.07) is 0. The lowest BCUT2D eigenvalue weighted by Gasteiger charge is -2.33. The Bertz CT molecular complexity index is 436. The van der Waals surface area contributed by atoms with Gasteiger partial charge in [-0.15, -0.1) is 0 Å². The van der Waals surface area contributed by atoms with E-state index in [-0.39, 0.29) is 12.5 Å². The first-order valence-corrected chi connectivity index (χ1v) is 8.03. The first-order chi connectivity index (χ1) is 10.4. The molecule has 3 fully saturated rings. The van der Waals surface area contributed by atoms with Gasteiger partial charge in [0, 0.05) is 25.9 Å². The third-order valence-corrected chi connectivity index (χ3v) is 5.04. The molecule has 0 spiro atoms. The van der Waals surface area contributed by atoms with Gasteiger partial charge in [0.1, 0.15) is 12.6 Å². The molecule has 0 aromatic carbocycles. The Labute approximate surface area is 128 Å². The molecule has 2 amide bonds. The van der Waals surface area contributed by atoms with Gasteiger partial charge in [-0.1, -0.05) is 12.8 Å². The van der Waals surface area contributed by atoms with E-state index in [4.69, 9.17) is 4.74 Å². The maximum atomic E-state index is 12.6. The van der Waals surface area contributed by atoms with Gasteiger partial charge in [-0.05, 0) is 24.7 Å². The van der Waals surface area contributed by atoms with Gasteiger partial charge in [0.25, 0.3) is 5.92 Å². The third kappa shape index (κ3) is 3.50. The molecule has 1 heterocycles. The van der Waals surface area contributed by atoms with E-state index in [1.165, 1.54) is 25.7 Å². The number of likely N-dealkylation sites (tertiary alicyclic amines) is 1. The van der Waals surface area contributed by atoms with Gasteiger partial charge in [0.15, 0.2) is 0 Å². The van der Waals surface area contributed by atoms with E-state index in [1.54, 1.807) is 4.90 Å². The van der Waals surface area contributed by atoms with Crippen molar-refractivity contribution in [2.45, 2.75) is 50.6 Å². The summed E-state index contributed by atoms with van der Waals surface area (Å²) < 4.78 is 30.1. The van der Waals surface area contributed by atoms with Crippen molar-refractivity contribution in [3.63, 3.8) is 0 Å². The number of nitrogens with one attached hydrogen (secondary N) is 1. The molecule has 2 atom stereocenters. The van der Waals surface area contributed by atoms with Gasteiger partial charge < -0.3 is 15.0 Å². The van der Waals surface area contributed by atoms with Crippen molar-refractivity contribution >= 4 is 12.0 Å². The van der Waals surface area contributed by atoms with E-state index in [0.717, 1.165) is 13.1 Å². The summed E-state index contributed by atoms with van der Waals surface area (Å²) >= 11 is 0. The van der Waals surface area contributed by atoms with Crippen LogP contribution in [0.1, 0.15) is 38.5 Å². The molecule has 1 N–H and O–H groups in total. The Morgan fingerprint density at radius 2 is 1.73 bits per heavy atom. The zero-order chi connectivity index (χ0) is 15.7. The van der Waals surface area contributed by atoms with Crippen molar-refractivity contribution in [2.75, 3.05) is 19.6 Å². The summed E-state index contributed by atoms with van der Waals surface area (Å²) in [5.41, 5.74) is 0. The lowest BCUT2D eigenvalue weighted by atomic mass is 9.82. The average molecular weight is 316 g/mol. The summed E-state index contributed by atoms with van der Waals surface area (Å²) in [4.78, 5) is 25.4. The van der Waals surface area contributed by atoms with E-state index < -0.39 is 31.0 Å². The number of carbonyl (C=O) groups is 2. The first kappa shape index (κ1) is 15.5. The number of rotatable bonds is 3. The molecule has 7 heteroatoms. The second-order valence-electron chi connectivity index (χ2n) is 6.75. The first-order valence-electron chi connectivity index (χ1n) is 8.03. The molecule has 0 radical (unpaired) electrons. The van der Waals surface area contributed by atoms with Crippen LogP contribution in [-0.4, -0.2) is 48.6 Å². The van der Waals surface area contributed by atoms with Crippen LogP contribution in [-0.2, 0) is 9.53 Å². The fraction of sp³-hybridized carbons (Fsp3) is 0.867. The van der Waals surface area contributed by atoms with E-state index in [1.807, 2.05) is 0 Å². The predicted octanol–water partition coefficient (Wildman–Crippen LogP) is 2.16. The molecule has 2 unspecified atom stereocenters. The number of alkyl carbamates (subject to hydrolysis) is 1. The molecular formula is C15H22F2N2O3. The minimum atomic E-state index is -2.72. The molecule has 2 aliphatic carbocycles. The van der Waals surface area contributed by atoms with E-state index in [2.05, 4.69) is 5.32 Å². The van der Waals surface area contributed by atoms with Crippen LogP contribution in [0.4, 0.5) is 13.6 Å². The van der Waals surface area contributed by atoms with Crippen molar-refractivity contribution in [3.8, 4) is 0 Å². The van der Waals surface area contributed by atoms with Crippen molar-refractivity contribution in [2.24, 2.45) is 11.8 Å². The smallest absolute Gasteiger partial charge is 0.407 e. The molecule has 3 rings (SSSR count). The van der Waals surface area contributed by atoms with E-state index in [9.17, 15) is 18.4 Å². The molecule has 2 saturated carbocycles. The van der Waals surface area contributed by atoms with Crippen LogP contribution in [0.25, 0.3) is 0 Å². The number of carbonyl (C=O) groups excluding carboxylic acids is 2. The Hall–Kier alpha value is -1.40. The van der Waals surface area contributed by atoms with Crippen LogP contribution >= 0.6 is 0 Å². The number of alkyl halides is 2. The van der Waals surface area contributed by atoms with Crippen LogP contribution in [0.3, 0.4) is 0 Å². The molecule has 0 aromatic rings. The van der Waals surface area contributed by atoms with Crippen molar-refractivity contribution < 1.29 is 23.1 Å². The highest BCUT2D eigenvalue weighted by molar-refractivity contribution is 5.82. The van der Waals surface area contributed by atoms with Gasteiger partial charge in [0.05, 0.1) is 0 Å². The summed E-state index contributed by atoms with van der Waals surface area (Å²) in [6.07, 6.45) is 2.46. The second kappa shape index (κ2) is 6.01. The van der Waals surface area contributed by atoms with Gasteiger partial charge in [-0.25, -0.2) is 13.6 Å². The van der Waals surface area contributed by atoms with Gasteiger partial charge >= 0.3 is 6.09 Å². The highest BCUT2D eigenvalue weighted by Gasteiger charge is 2.47. The third-order valence-electron chi connectivity index (χ3n) is 5.04. The van der Waals surface area contributed by atoms with E-state index >= 15 is 0 Å². The van der Waals surface area contributed by atoms with Crippen molar-refractivity contribution in [1.29, 1.82) is 0 Å². The summed E-state index contributed by atoms with van der Waals surface area (Å²) in [5.74, 6) is -1.64. The fourth-order valence-corrected chi connectivity index (χ4v) is 3.75. The highest BCUT2D eigenvalue weighted by atomic mass is 19.3. The number of fused-ring (bicyclic) bond motifs is 1. The van der Waals surface area contributed by atoms with Gasteiger partial charge in [0.2, 0.25) is 5.91 Å². The summed E-state index contributed by atoms with van der Waals surface area (Å²) in [6.45, 7) is 1.42. The summed E-state index contributed by atoms with van der Waals surface area (Å²) in [5, 5.41) is 2.37. The Kier molecular flexibility index (Phi) is 4.23. The lowest BCUT2D eigenvalue weighted by Crippen LogP contribution is -2.45. The Morgan fingerprint density at radius 1 is 1.14 bits per heavy atom. The quantitative estimate of drug-likeness (QED) is 0.868. The zero-order valence-corrected chi connectivity index (χ0v) is 12.5. The molecule has 5 nitrogen and oxygen atoms in total. The van der Waals surface area contributed by atoms with Crippen molar-refractivity contribution in [3.05, 3.63) is 0 Å².